The van der Waals surface area contributed by atoms with E-state index in [1.165, 1.54) is 78.8 Å². The predicted octanol–water partition coefficient (Wildman–Crippen LogP) is 13.8. The Balaban J connectivity index is 1.08. The molecule has 2 heterocycles. The normalized spacial score (nSPS) is 16.0. The van der Waals surface area contributed by atoms with Gasteiger partial charge in [0.25, 0.3) is 0 Å². The topological polar surface area (TPSA) is 43.6 Å². The molecule has 0 radical (unpaired) electrons. The second-order valence-corrected chi connectivity index (χ2v) is 18.3. The van der Waals surface area contributed by atoms with Gasteiger partial charge in [0, 0.05) is 38.6 Å². The van der Waals surface area contributed by atoms with Gasteiger partial charge in [-0.25, -0.2) is 15.0 Å². The van der Waals surface area contributed by atoms with Gasteiger partial charge in [0.1, 0.15) is 0 Å². The molecule has 4 nitrogen and oxygen atoms in total. The van der Waals surface area contributed by atoms with Crippen molar-refractivity contribution in [3.8, 4) is 51.0 Å². The maximum atomic E-state index is 5.19. The van der Waals surface area contributed by atoms with Gasteiger partial charge in [-0.15, -0.1) is 0 Å². The number of nitrogens with zero attached hydrogens (tertiary/aromatic N) is 4. The Morgan fingerprint density at radius 3 is 1.76 bits per heavy atom. The van der Waals surface area contributed by atoms with Crippen LogP contribution < -0.4 is 0 Å². The summed E-state index contributed by atoms with van der Waals surface area (Å²) in [4.78, 5) is 15.4. The first kappa shape index (κ1) is 34.8. The number of hydrogen-bond donors (Lipinski definition) is 0. The third-order valence-electron chi connectivity index (χ3n) is 13.5. The highest BCUT2D eigenvalue weighted by atomic mass is 15.0. The van der Waals surface area contributed by atoms with Crippen molar-refractivity contribution in [1.82, 2.24) is 19.5 Å². The van der Waals surface area contributed by atoms with Crippen molar-refractivity contribution in [1.29, 1.82) is 0 Å². The van der Waals surface area contributed by atoms with E-state index in [1.54, 1.807) is 0 Å². The van der Waals surface area contributed by atoms with E-state index in [-0.39, 0.29) is 16.2 Å². The van der Waals surface area contributed by atoms with Crippen LogP contribution in [0.5, 0.6) is 0 Å². The van der Waals surface area contributed by atoms with Gasteiger partial charge in [-0.2, -0.15) is 0 Å². The van der Waals surface area contributed by atoms with Gasteiger partial charge in [0.2, 0.25) is 0 Å². The summed E-state index contributed by atoms with van der Waals surface area (Å²) >= 11 is 0. The molecule has 0 bridgehead atoms. The van der Waals surface area contributed by atoms with Gasteiger partial charge in [0.05, 0.1) is 11.0 Å². The Morgan fingerprint density at radius 2 is 1.02 bits per heavy atom. The fourth-order valence-corrected chi connectivity index (χ4v) is 10.1. The molecule has 2 aliphatic rings. The molecule has 2 aliphatic carbocycles. The predicted molar refractivity (Wildman–Crippen MR) is 241 cm³/mol. The molecular weight excluding hydrogens is 705 g/mol. The summed E-state index contributed by atoms with van der Waals surface area (Å²) in [6.45, 7) is 14.3. The van der Waals surface area contributed by atoms with Gasteiger partial charge in [0.15, 0.2) is 17.5 Å². The second-order valence-electron chi connectivity index (χ2n) is 18.3. The molecule has 0 fully saturated rings. The van der Waals surface area contributed by atoms with Crippen LogP contribution >= 0.6 is 0 Å². The van der Waals surface area contributed by atoms with Crippen molar-refractivity contribution >= 4 is 32.6 Å². The monoisotopic (exact) mass is 750 g/mol. The van der Waals surface area contributed by atoms with E-state index in [1.807, 2.05) is 18.2 Å². The number of hydrogen-bond acceptors (Lipinski definition) is 3. The van der Waals surface area contributed by atoms with Crippen LogP contribution in [0.4, 0.5) is 0 Å². The summed E-state index contributed by atoms with van der Waals surface area (Å²) in [5.41, 5.74) is 14.8. The molecule has 4 heteroatoms. The molecule has 0 amide bonds. The SMILES string of the molecule is CC1(C)CCC(C)(C)c2cc3c(cc21)c1c2ccccc2ccc1n3-c1ccc(-c2nc(-c3ccccc3)nc(-c3ccc4c(c3)-c3ccccc3C4(C)C)n2)cc1. The molecule has 0 N–H and O–H groups in total. The van der Waals surface area contributed by atoms with Crippen molar-refractivity contribution in [2.24, 2.45) is 0 Å². The van der Waals surface area contributed by atoms with Gasteiger partial charge < -0.3 is 4.57 Å². The lowest BCUT2D eigenvalue weighted by Crippen LogP contribution is -2.33. The number of rotatable bonds is 4. The van der Waals surface area contributed by atoms with E-state index in [0.717, 1.165) is 22.4 Å². The highest BCUT2D eigenvalue weighted by Crippen LogP contribution is 2.51. The van der Waals surface area contributed by atoms with Crippen molar-refractivity contribution in [2.75, 3.05) is 0 Å². The molecule has 0 saturated carbocycles. The maximum absolute atomic E-state index is 5.19. The highest BCUT2D eigenvalue weighted by Gasteiger charge is 2.38. The summed E-state index contributed by atoms with van der Waals surface area (Å²) in [7, 11) is 0. The Morgan fingerprint density at radius 1 is 0.431 bits per heavy atom. The van der Waals surface area contributed by atoms with E-state index in [0.29, 0.717) is 17.5 Å². The Bertz CT molecular complexity index is 3130. The zero-order chi connectivity index (χ0) is 39.6. The minimum absolute atomic E-state index is 0.0682. The average molecular weight is 751 g/mol. The maximum Gasteiger partial charge on any atom is 0.164 e. The second kappa shape index (κ2) is 12.3. The summed E-state index contributed by atoms with van der Waals surface area (Å²) < 4.78 is 2.47. The number of benzene rings is 7. The van der Waals surface area contributed by atoms with Gasteiger partial charge >= 0.3 is 0 Å². The van der Waals surface area contributed by atoms with Crippen LogP contribution in [0.3, 0.4) is 0 Å². The highest BCUT2D eigenvalue weighted by molar-refractivity contribution is 6.21. The molecular formula is C54H46N4. The van der Waals surface area contributed by atoms with Crippen molar-refractivity contribution < 1.29 is 0 Å². The molecule has 0 saturated heterocycles. The molecule has 282 valence electrons. The van der Waals surface area contributed by atoms with Gasteiger partial charge in [-0.3, -0.25) is 0 Å². The van der Waals surface area contributed by atoms with Crippen LogP contribution in [0.25, 0.3) is 83.6 Å². The molecule has 2 aromatic heterocycles. The third-order valence-corrected chi connectivity index (χ3v) is 13.5. The van der Waals surface area contributed by atoms with E-state index < -0.39 is 0 Å². The van der Waals surface area contributed by atoms with E-state index in [9.17, 15) is 0 Å². The Labute approximate surface area is 340 Å². The molecule has 58 heavy (non-hydrogen) atoms. The fraction of sp³-hybridized carbons (Fsp3) is 0.204. The molecule has 7 aromatic carbocycles. The minimum Gasteiger partial charge on any atom is -0.309 e. The van der Waals surface area contributed by atoms with Crippen LogP contribution in [-0.2, 0) is 16.2 Å². The van der Waals surface area contributed by atoms with E-state index in [2.05, 4.69) is 174 Å². The quantitative estimate of drug-likeness (QED) is 0.180. The minimum atomic E-state index is -0.0682. The fourth-order valence-electron chi connectivity index (χ4n) is 10.1. The lowest BCUT2D eigenvalue weighted by Gasteiger charge is -2.42. The lowest BCUT2D eigenvalue weighted by atomic mass is 9.63. The zero-order valence-electron chi connectivity index (χ0n) is 34.1. The molecule has 11 rings (SSSR count). The Hall–Kier alpha value is -6.39. The largest absolute Gasteiger partial charge is 0.309 e. The zero-order valence-corrected chi connectivity index (χ0v) is 34.1. The van der Waals surface area contributed by atoms with Crippen LogP contribution in [0.1, 0.15) is 76.6 Å². The van der Waals surface area contributed by atoms with E-state index in [4.69, 9.17) is 15.0 Å². The first-order chi connectivity index (χ1) is 28.0. The third kappa shape index (κ3) is 5.17. The summed E-state index contributed by atoms with van der Waals surface area (Å²) in [5, 5.41) is 5.18. The van der Waals surface area contributed by atoms with Gasteiger partial charge in [-0.1, -0.05) is 139 Å². The van der Waals surface area contributed by atoms with Crippen molar-refractivity contribution in [3.05, 3.63) is 168 Å². The summed E-state index contributed by atoms with van der Waals surface area (Å²) in [6.07, 6.45) is 2.36. The molecule has 0 spiro atoms. The standard InChI is InChI=1S/C54H46N4/c1-52(2)28-29-53(3,4)45-32-47-41(31-44(45)52)48-38-17-11-10-14-33(38)23-27-46(48)58(47)37-24-20-35(21-25-37)50-55-49(34-15-8-7-9-16-34)56-51(57-50)36-22-26-43-40(30-36)39-18-12-13-19-42(39)54(43,5)6/h7-27,30-32H,28-29H2,1-6H3. The molecule has 0 unspecified atom stereocenters. The van der Waals surface area contributed by atoms with Crippen LogP contribution in [-0.4, -0.2) is 19.5 Å². The lowest BCUT2D eigenvalue weighted by molar-refractivity contribution is 0.332. The first-order valence-corrected chi connectivity index (χ1v) is 20.7. The molecule has 0 atom stereocenters. The number of fused-ring (bicyclic) bond motifs is 9. The molecule has 0 aliphatic heterocycles. The summed E-state index contributed by atoms with van der Waals surface area (Å²) in [5.74, 6) is 1.99. The van der Waals surface area contributed by atoms with E-state index >= 15 is 0 Å². The van der Waals surface area contributed by atoms with Gasteiger partial charge in [-0.05, 0) is 116 Å². The number of aromatic nitrogens is 4. The van der Waals surface area contributed by atoms with Crippen LogP contribution in [0.2, 0.25) is 0 Å². The Kier molecular flexibility index (Phi) is 7.39. The van der Waals surface area contributed by atoms with Crippen molar-refractivity contribution in [3.63, 3.8) is 0 Å². The summed E-state index contributed by atoms with van der Waals surface area (Å²) in [6, 6.07) is 53.0. The molecule has 9 aromatic rings. The van der Waals surface area contributed by atoms with Crippen molar-refractivity contribution in [2.45, 2.75) is 70.6 Å². The van der Waals surface area contributed by atoms with Crippen LogP contribution in [0.15, 0.2) is 146 Å². The average Bonchev–Trinajstić information content (AvgIpc) is 3.70. The smallest absolute Gasteiger partial charge is 0.164 e. The first-order valence-electron chi connectivity index (χ1n) is 20.7. The van der Waals surface area contributed by atoms with Crippen LogP contribution in [0, 0.1) is 0 Å².